The van der Waals surface area contributed by atoms with Gasteiger partial charge in [-0.25, -0.2) is 4.98 Å². The number of amides is 1. The average molecular weight is 379 g/mol. The van der Waals surface area contributed by atoms with E-state index < -0.39 is 0 Å². The first-order valence-corrected chi connectivity index (χ1v) is 9.75. The van der Waals surface area contributed by atoms with Crippen LogP contribution in [0.25, 0.3) is 16.2 Å². The van der Waals surface area contributed by atoms with Gasteiger partial charge in [0.05, 0.1) is 17.9 Å². The summed E-state index contributed by atoms with van der Waals surface area (Å²) >= 11 is 1.48. The van der Waals surface area contributed by atoms with E-state index in [0.717, 1.165) is 34.0 Å². The molecule has 1 amide bonds. The Bertz CT molecular complexity index is 1090. The fraction of sp³-hybridized carbons (Fsp3) is 0.250. The van der Waals surface area contributed by atoms with Crippen molar-refractivity contribution in [1.82, 2.24) is 24.5 Å². The van der Waals surface area contributed by atoms with Crippen molar-refractivity contribution < 1.29 is 4.79 Å². The lowest BCUT2D eigenvalue weighted by molar-refractivity contribution is 0.0777. The van der Waals surface area contributed by atoms with Crippen LogP contribution in [-0.2, 0) is 13.0 Å². The molecule has 0 spiro atoms. The van der Waals surface area contributed by atoms with Gasteiger partial charge in [0, 0.05) is 29.9 Å². The maximum absolute atomic E-state index is 12.9. The second-order valence-electron chi connectivity index (χ2n) is 6.65. The summed E-state index contributed by atoms with van der Waals surface area (Å²) < 4.78 is 1.88. The minimum absolute atomic E-state index is 0.0489. The lowest BCUT2D eigenvalue weighted by Gasteiger charge is -2.15. The molecule has 0 aliphatic carbocycles. The first-order valence-electron chi connectivity index (χ1n) is 8.87. The summed E-state index contributed by atoms with van der Waals surface area (Å²) in [5.41, 5.74) is 5.68. The average Bonchev–Trinajstić information content (AvgIpc) is 3.37. The molecule has 0 saturated heterocycles. The molecule has 6 nitrogen and oxygen atoms in total. The molecule has 7 heteroatoms. The Morgan fingerprint density at radius 1 is 1.30 bits per heavy atom. The largest absolute Gasteiger partial charge is 0.334 e. The maximum atomic E-state index is 12.9. The minimum atomic E-state index is -0.0489. The molecule has 0 radical (unpaired) electrons. The third-order valence-corrected chi connectivity index (χ3v) is 5.43. The fourth-order valence-corrected chi connectivity index (χ4v) is 3.90. The van der Waals surface area contributed by atoms with Crippen LogP contribution in [0.4, 0.5) is 0 Å². The van der Waals surface area contributed by atoms with E-state index in [2.05, 4.69) is 46.4 Å². The highest BCUT2D eigenvalue weighted by atomic mass is 32.1. The summed E-state index contributed by atoms with van der Waals surface area (Å²) in [7, 11) is 1.79. The Hall–Kier alpha value is -2.93. The highest BCUT2D eigenvalue weighted by Gasteiger charge is 2.19. The summed E-state index contributed by atoms with van der Waals surface area (Å²) in [6, 6.07) is 10.4. The van der Waals surface area contributed by atoms with E-state index in [4.69, 9.17) is 0 Å². The standard InChI is InChI=1S/C20H21N5OS/c1-4-14-5-7-15(8-6-14)17-11-25-18(12-27-20(25)21-17)19(26)24(3)10-16-9-13(2)22-23-16/h5-9,11-12H,4,10H2,1-3H3,(H,22,23). The number of thiazole rings is 1. The lowest BCUT2D eigenvalue weighted by Crippen LogP contribution is -2.27. The summed E-state index contributed by atoms with van der Waals surface area (Å²) in [5, 5.41) is 8.97. The fourth-order valence-electron chi connectivity index (χ4n) is 3.05. The van der Waals surface area contributed by atoms with Gasteiger partial charge in [0.1, 0.15) is 5.69 Å². The van der Waals surface area contributed by atoms with Crippen molar-refractivity contribution in [2.45, 2.75) is 26.8 Å². The van der Waals surface area contributed by atoms with Gasteiger partial charge in [-0.1, -0.05) is 31.2 Å². The molecule has 4 rings (SSSR count). The van der Waals surface area contributed by atoms with Crippen LogP contribution in [-0.4, -0.2) is 37.4 Å². The van der Waals surface area contributed by atoms with Gasteiger partial charge in [-0.2, -0.15) is 5.10 Å². The number of benzene rings is 1. The summed E-state index contributed by atoms with van der Waals surface area (Å²) in [6.07, 6.45) is 2.95. The van der Waals surface area contributed by atoms with Crippen LogP contribution in [0.1, 0.15) is 34.4 Å². The van der Waals surface area contributed by atoms with Crippen molar-refractivity contribution >= 4 is 22.2 Å². The van der Waals surface area contributed by atoms with Gasteiger partial charge in [-0.15, -0.1) is 11.3 Å². The number of nitrogens with one attached hydrogen (secondary N) is 1. The molecule has 1 N–H and O–H groups in total. The van der Waals surface area contributed by atoms with Gasteiger partial charge in [-0.05, 0) is 25.0 Å². The van der Waals surface area contributed by atoms with Crippen molar-refractivity contribution in [2.75, 3.05) is 7.05 Å². The van der Waals surface area contributed by atoms with Crippen molar-refractivity contribution in [3.8, 4) is 11.3 Å². The lowest BCUT2D eigenvalue weighted by atomic mass is 10.1. The monoisotopic (exact) mass is 379 g/mol. The molecule has 4 aromatic rings. The number of H-pyrrole nitrogens is 1. The molecular weight excluding hydrogens is 358 g/mol. The number of nitrogens with zero attached hydrogens (tertiary/aromatic N) is 4. The number of carbonyl (C=O) groups excluding carboxylic acids is 1. The first-order chi connectivity index (χ1) is 13.0. The van der Waals surface area contributed by atoms with E-state index >= 15 is 0 Å². The van der Waals surface area contributed by atoms with Crippen LogP contribution in [0.2, 0.25) is 0 Å². The molecule has 0 fully saturated rings. The van der Waals surface area contributed by atoms with E-state index in [9.17, 15) is 4.79 Å². The van der Waals surface area contributed by atoms with Crippen LogP contribution in [0, 0.1) is 6.92 Å². The zero-order valence-corrected chi connectivity index (χ0v) is 16.4. The number of aryl methyl sites for hydroxylation is 2. The van der Waals surface area contributed by atoms with Crippen LogP contribution in [0.3, 0.4) is 0 Å². The smallest absolute Gasteiger partial charge is 0.271 e. The Morgan fingerprint density at radius 2 is 2.07 bits per heavy atom. The van der Waals surface area contributed by atoms with Gasteiger partial charge < -0.3 is 4.90 Å². The van der Waals surface area contributed by atoms with Gasteiger partial charge in [-0.3, -0.25) is 14.3 Å². The zero-order valence-electron chi connectivity index (χ0n) is 15.6. The Balaban J connectivity index is 1.60. The molecule has 138 valence electrons. The molecule has 0 saturated carbocycles. The van der Waals surface area contributed by atoms with Crippen LogP contribution >= 0.6 is 11.3 Å². The van der Waals surface area contributed by atoms with E-state index in [1.165, 1.54) is 16.9 Å². The molecule has 0 bridgehead atoms. The number of aromatic amines is 1. The Kier molecular flexibility index (Phi) is 4.53. The number of fused-ring (bicyclic) bond motifs is 1. The maximum Gasteiger partial charge on any atom is 0.271 e. The number of hydrogen-bond donors (Lipinski definition) is 1. The van der Waals surface area contributed by atoms with Crippen molar-refractivity contribution in [3.05, 3.63) is 64.6 Å². The van der Waals surface area contributed by atoms with E-state index in [1.54, 1.807) is 11.9 Å². The molecule has 1 aromatic carbocycles. The SMILES string of the molecule is CCc1ccc(-c2cn3c(C(=O)N(C)Cc4cc(C)[nH]n4)csc3n2)cc1. The molecule has 0 aliphatic rings. The van der Waals surface area contributed by atoms with Gasteiger partial charge in [0.2, 0.25) is 0 Å². The minimum Gasteiger partial charge on any atom is -0.334 e. The highest BCUT2D eigenvalue weighted by molar-refractivity contribution is 7.15. The van der Waals surface area contributed by atoms with E-state index in [1.807, 2.05) is 29.0 Å². The number of carbonyl (C=O) groups is 1. The van der Waals surface area contributed by atoms with Gasteiger partial charge in [0.25, 0.3) is 5.91 Å². The second kappa shape index (κ2) is 7.00. The second-order valence-corrected chi connectivity index (χ2v) is 7.49. The molecule has 27 heavy (non-hydrogen) atoms. The van der Waals surface area contributed by atoms with E-state index in [0.29, 0.717) is 12.2 Å². The molecule has 0 unspecified atom stereocenters. The zero-order chi connectivity index (χ0) is 19.0. The third kappa shape index (κ3) is 3.38. The topological polar surface area (TPSA) is 66.3 Å². The van der Waals surface area contributed by atoms with Gasteiger partial charge in [0.15, 0.2) is 4.96 Å². The molecular formula is C20H21N5OS. The van der Waals surface area contributed by atoms with E-state index in [-0.39, 0.29) is 5.91 Å². The first kappa shape index (κ1) is 17.5. The molecule has 0 aliphatic heterocycles. The summed E-state index contributed by atoms with van der Waals surface area (Å²) in [4.78, 5) is 20.1. The Labute approximate surface area is 161 Å². The number of hydrogen-bond acceptors (Lipinski definition) is 4. The number of rotatable bonds is 5. The van der Waals surface area contributed by atoms with Crippen LogP contribution in [0.5, 0.6) is 0 Å². The quantitative estimate of drug-likeness (QED) is 0.571. The Morgan fingerprint density at radius 3 is 2.74 bits per heavy atom. The predicted molar refractivity (Wildman–Crippen MR) is 107 cm³/mol. The third-order valence-electron chi connectivity index (χ3n) is 4.59. The number of aromatic nitrogens is 4. The molecule has 3 heterocycles. The molecule has 3 aromatic heterocycles. The van der Waals surface area contributed by atoms with Crippen molar-refractivity contribution in [3.63, 3.8) is 0 Å². The van der Waals surface area contributed by atoms with Crippen LogP contribution in [0.15, 0.2) is 41.9 Å². The highest BCUT2D eigenvalue weighted by Crippen LogP contribution is 2.25. The van der Waals surface area contributed by atoms with Gasteiger partial charge >= 0.3 is 0 Å². The summed E-state index contributed by atoms with van der Waals surface area (Å²) in [6.45, 7) is 4.54. The van der Waals surface area contributed by atoms with Crippen molar-refractivity contribution in [1.29, 1.82) is 0 Å². The summed E-state index contributed by atoms with van der Waals surface area (Å²) in [5.74, 6) is -0.0489. The normalized spacial score (nSPS) is 11.2. The van der Waals surface area contributed by atoms with Crippen molar-refractivity contribution in [2.24, 2.45) is 0 Å². The van der Waals surface area contributed by atoms with Crippen LogP contribution < -0.4 is 0 Å². The number of imidazole rings is 1. The molecule has 0 atom stereocenters. The predicted octanol–water partition coefficient (Wildman–Crippen LogP) is 3.93.